The molecule has 0 saturated carbocycles. The third-order valence-electron chi connectivity index (χ3n) is 3.88. The van der Waals surface area contributed by atoms with Crippen LogP contribution in [0.3, 0.4) is 0 Å². The molecule has 1 saturated heterocycles. The molecule has 0 bridgehead atoms. The number of imidazole rings is 1. The quantitative estimate of drug-likeness (QED) is 0.859. The molecule has 0 radical (unpaired) electrons. The second kappa shape index (κ2) is 5.23. The van der Waals surface area contributed by atoms with E-state index >= 15 is 0 Å². The Morgan fingerprint density at radius 2 is 2.26 bits per heavy atom. The lowest BCUT2D eigenvalue weighted by Gasteiger charge is -2.28. The van der Waals surface area contributed by atoms with Gasteiger partial charge in [-0.05, 0) is 44.0 Å². The van der Waals surface area contributed by atoms with Crippen LogP contribution < -0.4 is 0 Å². The molecule has 6 heteroatoms. The first-order chi connectivity index (χ1) is 9.16. The Balaban J connectivity index is 2.03. The number of fused-ring (bicyclic) bond motifs is 1. The lowest BCUT2D eigenvalue weighted by molar-refractivity contribution is 0.0516. The molecule has 0 aliphatic carbocycles. The van der Waals surface area contributed by atoms with Crippen LogP contribution in [0.5, 0.6) is 0 Å². The van der Waals surface area contributed by atoms with Gasteiger partial charge in [-0.3, -0.25) is 4.57 Å². The molecule has 1 fully saturated rings. The lowest BCUT2D eigenvalue weighted by Crippen LogP contribution is -2.24. The molecular formula is C13H16ClN3OS. The monoisotopic (exact) mass is 297 g/mol. The summed E-state index contributed by atoms with van der Waals surface area (Å²) in [7, 11) is 0. The molecule has 0 amide bonds. The number of nitrogens with one attached hydrogen (secondary N) is 1. The molecular weight excluding hydrogens is 282 g/mol. The minimum absolute atomic E-state index is 0.318. The Morgan fingerprint density at radius 1 is 1.53 bits per heavy atom. The topological polar surface area (TPSA) is 42.8 Å². The first-order valence-electron chi connectivity index (χ1n) is 6.50. The summed E-state index contributed by atoms with van der Waals surface area (Å²) in [5.74, 6) is 0.580. The van der Waals surface area contributed by atoms with Gasteiger partial charge in [-0.1, -0.05) is 11.6 Å². The van der Waals surface area contributed by atoms with Crippen molar-refractivity contribution in [2.24, 2.45) is 5.92 Å². The van der Waals surface area contributed by atoms with Gasteiger partial charge in [0.25, 0.3) is 0 Å². The maximum atomic E-state index is 5.97. The Hall–Kier alpha value is -0.910. The van der Waals surface area contributed by atoms with Gasteiger partial charge in [0, 0.05) is 25.5 Å². The Kier molecular flexibility index (Phi) is 3.60. The average molecular weight is 298 g/mol. The summed E-state index contributed by atoms with van der Waals surface area (Å²) in [5, 5.41) is 0.620. The summed E-state index contributed by atoms with van der Waals surface area (Å²) in [6, 6.07) is 2.19. The fourth-order valence-corrected chi connectivity index (χ4v) is 3.30. The molecule has 102 valence electrons. The minimum Gasteiger partial charge on any atom is -0.381 e. The van der Waals surface area contributed by atoms with Crippen LogP contribution in [0.25, 0.3) is 11.2 Å². The SMILES string of the molecule is CC(C1CCOCC1)n1c(=S)[nH]c2cc(Cl)cnc21. The zero-order chi connectivity index (χ0) is 13.4. The summed E-state index contributed by atoms with van der Waals surface area (Å²) in [5.41, 5.74) is 1.78. The van der Waals surface area contributed by atoms with E-state index in [-0.39, 0.29) is 0 Å². The van der Waals surface area contributed by atoms with Crippen LogP contribution in [0.2, 0.25) is 5.02 Å². The van der Waals surface area contributed by atoms with Crippen molar-refractivity contribution >= 4 is 35.0 Å². The Labute approximate surface area is 121 Å². The van der Waals surface area contributed by atoms with Crippen molar-refractivity contribution < 1.29 is 4.74 Å². The fraction of sp³-hybridized carbons (Fsp3) is 0.538. The largest absolute Gasteiger partial charge is 0.381 e. The third kappa shape index (κ3) is 2.42. The van der Waals surface area contributed by atoms with Gasteiger partial charge >= 0.3 is 0 Å². The normalized spacial score (nSPS) is 18.8. The van der Waals surface area contributed by atoms with Crippen molar-refractivity contribution in [2.75, 3.05) is 13.2 Å². The zero-order valence-corrected chi connectivity index (χ0v) is 12.3. The van der Waals surface area contributed by atoms with Crippen LogP contribution in [-0.2, 0) is 4.74 Å². The molecule has 4 nitrogen and oxygen atoms in total. The number of aromatic nitrogens is 3. The van der Waals surface area contributed by atoms with Gasteiger partial charge in [0.15, 0.2) is 10.4 Å². The second-order valence-corrected chi connectivity index (χ2v) is 5.84. The van der Waals surface area contributed by atoms with Crippen molar-refractivity contribution in [3.8, 4) is 0 Å². The van der Waals surface area contributed by atoms with Crippen molar-refractivity contribution in [1.82, 2.24) is 14.5 Å². The van der Waals surface area contributed by atoms with E-state index in [1.54, 1.807) is 6.20 Å². The van der Waals surface area contributed by atoms with Gasteiger partial charge in [-0.2, -0.15) is 0 Å². The first-order valence-corrected chi connectivity index (χ1v) is 7.29. The summed E-state index contributed by atoms with van der Waals surface area (Å²) in [6.45, 7) is 3.88. The number of H-pyrrole nitrogens is 1. The molecule has 2 aromatic heterocycles. The summed E-state index contributed by atoms with van der Waals surface area (Å²) < 4.78 is 8.24. The van der Waals surface area contributed by atoms with Crippen LogP contribution in [0.4, 0.5) is 0 Å². The highest BCUT2D eigenvalue weighted by Gasteiger charge is 2.24. The van der Waals surface area contributed by atoms with Gasteiger partial charge in [0.2, 0.25) is 0 Å². The van der Waals surface area contributed by atoms with Crippen molar-refractivity contribution in [2.45, 2.75) is 25.8 Å². The number of hydrogen-bond donors (Lipinski definition) is 1. The lowest BCUT2D eigenvalue weighted by atomic mass is 9.93. The molecule has 1 aliphatic heterocycles. The van der Waals surface area contributed by atoms with Crippen LogP contribution in [0, 0.1) is 10.7 Å². The van der Waals surface area contributed by atoms with Crippen molar-refractivity contribution in [3.63, 3.8) is 0 Å². The molecule has 2 aromatic rings. The predicted octanol–water partition coefficient (Wildman–Crippen LogP) is 3.73. The minimum atomic E-state index is 0.318. The molecule has 1 atom stereocenters. The van der Waals surface area contributed by atoms with Crippen LogP contribution in [0.15, 0.2) is 12.3 Å². The average Bonchev–Trinajstić information content (AvgIpc) is 2.74. The maximum absolute atomic E-state index is 5.97. The number of nitrogens with zero attached hydrogens (tertiary/aromatic N) is 2. The molecule has 1 unspecified atom stereocenters. The number of rotatable bonds is 2. The van der Waals surface area contributed by atoms with E-state index < -0.39 is 0 Å². The van der Waals surface area contributed by atoms with E-state index in [0.717, 1.165) is 37.2 Å². The van der Waals surface area contributed by atoms with E-state index in [4.69, 9.17) is 28.6 Å². The molecule has 3 rings (SSSR count). The summed E-state index contributed by atoms with van der Waals surface area (Å²) in [6.07, 6.45) is 3.81. The smallest absolute Gasteiger partial charge is 0.179 e. The van der Waals surface area contributed by atoms with Crippen LogP contribution in [-0.4, -0.2) is 27.7 Å². The van der Waals surface area contributed by atoms with E-state index in [9.17, 15) is 0 Å². The molecule has 0 aromatic carbocycles. The Bertz CT molecular complexity index is 645. The highest BCUT2D eigenvalue weighted by Crippen LogP contribution is 2.30. The maximum Gasteiger partial charge on any atom is 0.179 e. The fourth-order valence-electron chi connectivity index (χ4n) is 2.77. The second-order valence-electron chi connectivity index (χ2n) is 5.02. The molecule has 19 heavy (non-hydrogen) atoms. The molecule has 1 N–H and O–H groups in total. The van der Waals surface area contributed by atoms with Crippen molar-refractivity contribution in [1.29, 1.82) is 0 Å². The summed E-state index contributed by atoms with van der Waals surface area (Å²) in [4.78, 5) is 7.61. The van der Waals surface area contributed by atoms with Crippen molar-refractivity contribution in [3.05, 3.63) is 22.1 Å². The number of pyridine rings is 1. The van der Waals surface area contributed by atoms with Gasteiger partial charge in [-0.25, -0.2) is 4.98 Å². The number of ether oxygens (including phenoxy) is 1. The molecule has 0 spiro atoms. The predicted molar refractivity (Wildman–Crippen MR) is 78.2 cm³/mol. The highest BCUT2D eigenvalue weighted by atomic mass is 35.5. The number of aromatic amines is 1. The first kappa shape index (κ1) is 13.1. The van der Waals surface area contributed by atoms with Gasteiger partial charge in [0.05, 0.1) is 10.5 Å². The van der Waals surface area contributed by atoms with Gasteiger partial charge < -0.3 is 9.72 Å². The van der Waals surface area contributed by atoms with Crippen LogP contribution >= 0.6 is 23.8 Å². The van der Waals surface area contributed by atoms with E-state index in [1.165, 1.54) is 0 Å². The van der Waals surface area contributed by atoms with Gasteiger partial charge in [0.1, 0.15) is 0 Å². The Morgan fingerprint density at radius 3 is 3.00 bits per heavy atom. The third-order valence-corrected chi connectivity index (χ3v) is 4.38. The van der Waals surface area contributed by atoms with Crippen LogP contribution in [0.1, 0.15) is 25.8 Å². The van der Waals surface area contributed by atoms with E-state index in [0.29, 0.717) is 21.8 Å². The molecule has 1 aliphatic rings. The highest BCUT2D eigenvalue weighted by molar-refractivity contribution is 7.71. The zero-order valence-electron chi connectivity index (χ0n) is 10.7. The number of halogens is 1. The van der Waals surface area contributed by atoms with E-state index in [2.05, 4.69) is 21.5 Å². The standard InChI is InChI=1S/C13H16ClN3OS/c1-8(9-2-4-18-5-3-9)17-12-11(16-13(17)19)6-10(14)7-15-12/h6-9H,2-5H2,1H3,(H,16,19). The number of hydrogen-bond acceptors (Lipinski definition) is 3. The summed E-state index contributed by atoms with van der Waals surface area (Å²) >= 11 is 11.4. The molecule has 3 heterocycles. The van der Waals surface area contributed by atoms with E-state index in [1.807, 2.05) is 6.07 Å². The van der Waals surface area contributed by atoms with Gasteiger partial charge in [-0.15, -0.1) is 0 Å².